The number of hydrogen-bond acceptors (Lipinski definition) is 4. The monoisotopic (exact) mass is 449 g/mol. The fraction of sp³-hybridized carbons (Fsp3) is 0.417. The molecule has 31 heavy (non-hydrogen) atoms. The summed E-state index contributed by atoms with van der Waals surface area (Å²) in [5.74, 6) is 0.724. The van der Waals surface area contributed by atoms with Crippen molar-refractivity contribution in [3.63, 3.8) is 0 Å². The van der Waals surface area contributed by atoms with Crippen LogP contribution in [0.2, 0.25) is 0 Å². The van der Waals surface area contributed by atoms with E-state index in [2.05, 4.69) is 4.98 Å². The van der Waals surface area contributed by atoms with Crippen LogP contribution in [0.5, 0.6) is 0 Å². The van der Waals surface area contributed by atoms with E-state index < -0.39 is 11.7 Å². The standard InChI is InChI=1S/C24H26F3NO2S/c1-13-7-14(2)22(15(3)8-13)23-19(29)9-17(10-20(23)30)16(4)12-31-21-6-5-18(11-28-21)24(25,26)27/h5-8,11,16-17,29H,9-10,12H2,1-4H3. The largest absolute Gasteiger partial charge is 0.512 e. The first-order chi connectivity index (χ1) is 14.5. The number of aromatic nitrogens is 1. The SMILES string of the molecule is Cc1cc(C)c(C2=C(O)CC(C(C)CSc3ccc(C(F)(F)F)cn3)CC2=O)c(C)c1. The third-order valence-electron chi connectivity index (χ3n) is 5.76. The predicted octanol–water partition coefficient (Wildman–Crippen LogP) is 6.70. The first-order valence-corrected chi connectivity index (χ1v) is 11.2. The third kappa shape index (κ3) is 5.32. The van der Waals surface area contributed by atoms with Crippen molar-refractivity contribution in [3.8, 4) is 0 Å². The van der Waals surface area contributed by atoms with Gasteiger partial charge in [0.2, 0.25) is 0 Å². The van der Waals surface area contributed by atoms with Gasteiger partial charge in [-0.25, -0.2) is 4.98 Å². The number of alkyl halides is 3. The molecule has 0 amide bonds. The number of Topliss-reactive ketones (excluding diaryl/α,β-unsaturated/α-hetero) is 1. The number of ketones is 1. The number of aryl methyl sites for hydroxylation is 3. The average Bonchev–Trinajstić information content (AvgIpc) is 2.67. The van der Waals surface area contributed by atoms with Crippen molar-refractivity contribution in [1.82, 2.24) is 4.98 Å². The summed E-state index contributed by atoms with van der Waals surface area (Å²) in [6.45, 7) is 7.90. The maximum atomic E-state index is 13.0. The molecule has 2 atom stereocenters. The van der Waals surface area contributed by atoms with Gasteiger partial charge in [-0.15, -0.1) is 11.8 Å². The smallest absolute Gasteiger partial charge is 0.417 e. The Morgan fingerprint density at radius 1 is 1.16 bits per heavy atom. The summed E-state index contributed by atoms with van der Waals surface area (Å²) in [6.07, 6.45) is -2.81. The first-order valence-electron chi connectivity index (χ1n) is 10.2. The van der Waals surface area contributed by atoms with Crippen LogP contribution in [0, 0.1) is 32.6 Å². The van der Waals surface area contributed by atoms with Crippen molar-refractivity contribution in [2.45, 2.75) is 51.7 Å². The summed E-state index contributed by atoms with van der Waals surface area (Å²) in [6, 6.07) is 6.42. The summed E-state index contributed by atoms with van der Waals surface area (Å²) < 4.78 is 38.0. The van der Waals surface area contributed by atoms with Gasteiger partial charge in [0.05, 0.1) is 16.2 Å². The molecule has 0 bridgehead atoms. The summed E-state index contributed by atoms with van der Waals surface area (Å²) in [4.78, 5) is 16.9. The lowest BCUT2D eigenvalue weighted by atomic mass is 9.77. The molecule has 3 rings (SSSR count). The minimum absolute atomic E-state index is 0.0238. The van der Waals surface area contributed by atoms with Crippen molar-refractivity contribution in [3.05, 3.63) is 64.0 Å². The second-order valence-corrected chi connectivity index (χ2v) is 9.40. The van der Waals surface area contributed by atoms with E-state index in [1.54, 1.807) is 0 Å². The number of halogens is 3. The molecule has 0 radical (unpaired) electrons. The number of carbonyl (C=O) groups excluding carboxylic acids is 1. The zero-order valence-electron chi connectivity index (χ0n) is 18.0. The molecule has 0 fully saturated rings. The van der Waals surface area contributed by atoms with Crippen LogP contribution in [0.25, 0.3) is 5.57 Å². The zero-order chi connectivity index (χ0) is 22.9. The molecule has 1 N–H and O–H groups in total. The van der Waals surface area contributed by atoms with Crippen LogP contribution >= 0.6 is 11.8 Å². The van der Waals surface area contributed by atoms with E-state index in [1.165, 1.54) is 17.8 Å². The van der Waals surface area contributed by atoms with Crippen molar-refractivity contribution in [1.29, 1.82) is 0 Å². The molecule has 1 aliphatic carbocycles. The molecule has 1 aromatic heterocycles. The van der Waals surface area contributed by atoms with Crippen LogP contribution in [0.3, 0.4) is 0 Å². The Balaban J connectivity index is 1.70. The van der Waals surface area contributed by atoms with E-state index >= 15 is 0 Å². The molecule has 2 unspecified atom stereocenters. The maximum absolute atomic E-state index is 13.0. The number of aliphatic hydroxyl groups is 1. The highest BCUT2D eigenvalue weighted by Gasteiger charge is 2.33. The number of pyridine rings is 1. The van der Waals surface area contributed by atoms with Gasteiger partial charge in [-0.2, -0.15) is 13.2 Å². The van der Waals surface area contributed by atoms with Crippen molar-refractivity contribution < 1.29 is 23.1 Å². The van der Waals surface area contributed by atoms with Crippen LogP contribution in [0.1, 0.15) is 47.6 Å². The Kier molecular flexibility index (Phi) is 6.84. The first kappa shape index (κ1) is 23.4. The highest BCUT2D eigenvalue weighted by Crippen LogP contribution is 2.39. The minimum Gasteiger partial charge on any atom is -0.512 e. The Bertz CT molecular complexity index is 989. The number of aliphatic hydroxyl groups excluding tert-OH is 1. The van der Waals surface area contributed by atoms with Gasteiger partial charge in [-0.3, -0.25) is 4.79 Å². The van der Waals surface area contributed by atoms with Gasteiger partial charge in [0.15, 0.2) is 5.78 Å². The predicted molar refractivity (Wildman–Crippen MR) is 117 cm³/mol. The van der Waals surface area contributed by atoms with E-state index in [0.29, 0.717) is 29.2 Å². The molecule has 1 aromatic carbocycles. The normalized spacial score (nSPS) is 18.4. The van der Waals surface area contributed by atoms with Crippen LogP contribution in [-0.2, 0) is 11.0 Å². The number of nitrogens with zero attached hydrogens (tertiary/aromatic N) is 1. The van der Waals surface area contributed by atoms with Crippen molar-refractivity contribution in [2.24, 2.45) is 11.8 Å². The number of carbonyl (C=O) groups is 1. The van der Waals surface area contributed by atoms with Gasteiger partial charge in [0, 0.05) is 24.8 Å². The van der Waals surface area contributed by atoms with Crippen LogP contribution in [0.15, 0.2) is 41.2 Å². The highest BCUT2D eigenvalue weighted by molar-refractivity contribution is 7.99. The zero-order valence-corrected chi connectivity index (χ0v) is 18.8. The van der Waals surface area contributed by atoms with E-state index in [-0.39, 0.29) is 23.4 Å². The molecule has 3 nitrogen and oxygen atoms in total. The lowest BCUT2D eigenvalue weighted by Crippen LogP contribution is -2.25. The fourth-order valence-corrected chi connectivity index (χ4v) is 5.17. The van der Waals surface area contributed by atoms with E-state index in [9.17, 15) is 23.1 Å². The van der Waals surface area contributed by atoms with E-state index in [0.717, 1.165) is 34.5 Å². The van der Waals surface area contributed by atoms with Gasteiger partial charge in [-0.1, -0.05) is 24.6 Å². The van der Waals surface area contributed by atoms with E-state index in [4.69, 9.17) is 0 Å². The minimum atomic E-state index is -4.40. The summed E-state index contributed by atoms with van der Waals surface area (Å²) in [5.41, 5.74) is 3.54. The number of thioether (sulfide) groups is 1. The van der Waals surface area contributed by atoms with Crippen molar-refractivity contribution in [2.75, 3.05) is 5.75 Å². The summed E-state index contributed by atoms with van der Waals surface area (Å²) >= 11 is 1.36. The molecular weight excluding hydrogens is 423 g/mol. The fourth-order valence-electron chi connectivity index (χ4n) is 4.17. The second-order valence-electron chi connectivity index (χ2n) is 8.36. The molecule has 0 spiro atoms. The molecule has 0 saturated carbocycles. The molecular formula is C24H26F3NO2S. The Morgan fingerprint density at radius 3 is 2.32 bits per heavy atom. The molecule has 0 saturated heterocycles. The molecule has 2 aromatic rings. The van der Waals surface area contributed by atoms with Gasteiger partial charge in [0.1, 0.15) is 5.76 Å². The maximum Gasteiger partial charge on any atom is 0.417 e. The Morgan fingerprint density at radius 2 is 1.81 bits per heavy atom. The van der Waals surface area contributed by atoms with E-state index in [1.807, 2.05) is 39.8 Å². The Labute approximate surface area is 184 Å². The third-order valence-corrected chi connectivity index (χ3v) is 6.99. The highest BCUT2D eigenvalue weighted by atomic mass is 32.2. The average molecular weight is 450 g/mol. The van der Waals surface area contributed by atoms with Crippen LogP contribution in [0.4, 0.5) is 13.2 Å². The summed E-state index contributed by atoms with van der Waals surface area (Å²) in [5, 5.41) is 11.3. The van der Waals surface area contributed by atoms with Gasteiger partial charge < -0.3 is 5.11 Å². The summed E-state index contributed by atoms with van der Waals surface area (Å²) in [7, 11) is 0. The second kappa shape index (κ2) is 9.07. The molecule has 1 aliphatic rings. The van der Waals surface area contributed by atoms with Crippen molar-refractivity contribution >= 4 is 23.1 Å². The van der Waals surface area contributed by atoms with Crippen LogP contribution in [-0.4, -0.2) is 21.6 Å². The quantitative estimate of drug-likeness (QED) is 0.516. The topological polar surface area (TPSA) is 50.2 Å². The number of rotatable bonds is 5. The van der Waals surface area contributed by atoms with Crippen LogP contribution < -0.4 is 0 Å². The van der Waals surface area contributed by atoms with Gasteiger partial charge >= 0.3 is 6.18 Å². The number of allylic oxidation sites excluding steroid dienone is 2. The lowest BCUT2D eigenvalue weighted by Gasteiger charge is -2.29. The van der Waals surface area contributed by atoms with Gasteiger partial charge in [-0.05, 0) is 61.4 Å². The molecule has 166 valence electrons. The molecule has 0 aliphatic heterocycles. The number of hydrogen-bond donors (Lipinski definition) is 1. The molecule has 7 heteroatoms. The number of benzene rings is 1. The van der Waals surface area contributed by atoms with Gasteiger partial charge in [0.25, 0.3) is 0 Å². The lowest BCUT2D eigenvalue weighted by molar-refractivity contribution is -0.137. The molecule has 1 heterocycles. The Hall–Kier alpha value is -2.28.